The van der Waals surface area contributed by atoms with Crippen molar-refractivity contribution in [2.75, 3.05) is 19.8 Å². The molecule has 4 rings (SSSR count). The van der Waals surface area contributed by atoms with Crippen molar-refractivity contribution in [3.63, 3.8) is 0 Å². The molecule has 0 aliphatic carbocycles. The Kier molecular flexibility index (Phi) is 4.22. The number of nitrogens with one attached hydrogen (secondary N) is 2. The van der Waals surface area contributed by atoms with Crippen molar-refractivity contribution in [1.29, 1.82) is 0 Å². The van der Waals surface area contributed by atoms with Crippen LogP contribution in [-0.4, -0.2) is 41.4 Å². The molecule has 2 heterocycles. The van der Waals surface area contributed by atoms with Gasteiger partial charge in [0, 0.05) is 35.9 Å². The number of aliphatic hydroxyl groups is 1. The van der Waals surface area contributed by atoms with Gasteiger partial charge in [0.05, 0.1) is 23.3 Å². The predicted molar refractivity (Wildman–Crippen MR) is 99.4 cm³/mol. The maximum Gasteiger partial charge on any atom is 0.253 e. The monoisotopic (exact) mass is 352 g/mol. The highest BCUT2D eigenvalue weighted by Gasteiger charge is 2.31. The zero-order valence-electron chi connectivity index (χ0n) is 14.2. The molecule has 1 amide bonds. The number of pyridine rings is 1. The van der Waals surface area contributed by atoms with Crippen molar-refractivity contribution in [2.45, 2.75) is 18.4 Å². The summed E-state index contributed by atoms with van der Waals surface area (Å²) in [4.78, 5) is 28.5. The number of rotatable bonds is 4. The Morgan fingerprint density at radius 3 is 2.81 bits per heavy atom. The smallest absolute Gasteiger partial charge is 0.253 e. The zero-order chi connectivity index (χ0) is 18.1. The molecule has 0 radical (unpaired) electrons. The lowest BCUT2D eigenvalue weighted by Crippen LogP contribution is -2.35. The number of carbonyl (C=O) groups excluding carboxylic acids is 1. The van der Waals surface area contributed by atoms with Crippen LogP contribution < -0.4 is 10.7 Å². The summed E-state index contributed by atoms with van der Waals surface area (Å²) in [6.07, 6.45) is 1.01. The van der Waals surface area contributed by atoms with Gasteiger partial charge in [-0.25, -0.2) is 0 Å². The van der Waals surface area contributed by atoms with Crippen LogP contribution in [0.4, 0.5) is 0 Å². The summed E-state index contributed by atoms with van der Waals surface area (Å²) >= 11 is 0. The number of hydrogen-bond donors (Lipinski definition) is 3. The third-order valence-electron chi connectivity index (χ3n) is 4.94. The fourth-order valence-corrected chi connectivity index (χ4v) is 3.43. The molecule has 0 bridgehead atoms. The summed E-state index contributed by atoms with van der Waals surface area (Å²) in [7, 11) is 0. The molecule has 3 aromatic rings. The summed E-state index contributed by atoms with van der Waals surface area (Å²) in [6.45, 7) is 1.19. The van der Waals surface area contributed by atoms with E-state index < -0.39 is 5.60 Å². The largest absolute Gasteiger partial charge is 0.387 e. The molecule has 26 heavy (non-hydrogen) atoms. The molecule has 1 aliphatic rings. The summed E-state index contributed by atoms with van der Waals surface area (Å²) in [6, 6.07) is 12.4. The second kappa shape index (κ2) is 6.55. The Morgan fingerprint density at radius 1 is 1.19 bits per heavy atom. The molecule has 1 aliphatic heterocycles. The van der Waals surface area contributed by atoms with Crippen LogP contribution in [0.15, 0.2) is 47.3 Å². The predicted octanol–water partition coefficient (Wildman–Crippen LogP) is 1.95. The Morgan fingerprint density at radius 2 is 2.00 bits per heavy atom. The van der Waals surface area contributed by atoms with Gasteiger partial charge in [0.15, 0.2) is 5.43 Å². The highest BCUT2D eigenvalue weighted by atomic mass is 16.5. The molecule has 1 fully saturated rings. The van der Waals surface area contributed by atoms with Crippen LogP contribution in [0.2, 0.25) is 0 Å². The summed E-state index contributed by atoms with van der Waals surface area (Å²) < 4.78 is 5.21. The lowest BCUT2D eigenvalue weighted by Gasteiger charge is -2.20. The van der Waals surface area contributed by atoms with Crippen LogP contribution >= 0.6 is 0 Å². The number of ether oxygens (including phenoxy) is 1. The molecule has 0 saturated carbocycles. The first-order chi connectivity index (χ1) is 12.6. The normalized spacial score (nSPS) is 19.9. The van der Waals surface area contributed by atoms with Gasteiger partial charge in [-0.3, -0.25) is 9.59 Å². The van der Waals surface area contributed by atoms with Crippen LogP contribution in [0, 0.1) is 0 Å². The quantitative estimate of drug-likeness (QED) is 0.626. The Bertz CT molecular complexity index is 1030. The zero-order valence-corrected chi connectivity index (χ0v) is 14.2. The minimum Gasteiger partial charge on any atom is -0.387 e. The minimum absolute atomic E-state index is 0.0959. The van der Waals surface area contributed by atoms with Crippen molar-refractivity contribution in [3.8, 4) is 0 Å². The molecular weight excluding hydrogens is 332 g/mol. The second-order valence-corrected chi connectivity index (χ2v) is 6.76. The number of aromatic nitrogens is 1. The van der Waals surface area contributed by atoms with Gasteiger partial charge < -0.3 is 20.1 Å². The van der Waals surface area contributed by atoms with Gasteiger partial charge in [-0.2, -0.15) is 0 Å². The summed E-state index contributed by atoms with van der Waals surface area (Å²) in [5, 5.41) is 14.2. The average Bonchev–Trinajstić information content (AvgIpc) is 3.08. The number of fused-ring (bicyclic) bond motifs is 2. The van der Waals surface area contributed by atoms with Gasteiger partial charge in [-0.1, -0.05) is 18.2 Å². The van der Waals surface area contributed by atoms with Crippen molar-refractivity contribution in [1.82, 2.24) is 10.3 Å². The van der Waals surface area contributed by atoms with Crippen LogP contribution in [0.5, 0.6) is 0 Å². The fourth-order valence-electron chi connectivity index (χ4n) is 3.43. The maximum atomic E-state index is 12.7. The first-order valence-corrected chi connectivity index (χ1v) is 8.69. The molecule has 134 valence electrons. The van der Waals surface area contributed by atoms with E-state index in [-0.39, 0.29) is 11.3 Å². The van der Waals surface area contributed by atoms with E-state index >= 15 is 0 Å². The third kappa shape index (κ3) is 2.98. The Hall–Kier alpha value is -2.70. The average molecular weight is 352 g/mol. The van der Waals surface area contributed by atoms with E-state index in [1.165, 1.54) is 0 Å². The van der Waals surface area contributed by atoms with E-state index in [0.717, 1.165) is 0 Å². The number of aromatic amines is 1. The van der Waals surface area contributed by atoms with Gasteiger partial charge >= 0.3 is 0 Å². The molecule has 6 heteroatoms. The van der Waals surface area contributed by atoms with E-state index in [1.54, 1.807) is 24.3 Å². The molecule has 1 aromatic heterocycles. The maximum absolute atomic E-state index is 12.7. The molecule has 0 spiro atoms. The van der Waals surface area contributed by atoms with Gasteiger partial charge in [-0.15, -0.1) is 0 Å². The molecule has 1 unspecified atom stereocenters. The summed E-state index contributed by atoms with van der Waals surface area (Å²) in [5.74, 6) is -0.274. The lowest BCUT2D eigenvalue weighted by molar-refractivity contribution is 0.0197. The number of H-pyrrole nitrogens is 1. The van der Waals surface area contributed by atoms with E-state index in [9.17, 15) is 14.7 Å². The van der Waals surface area contributed by atoms with Gasteiger partial charge in [-0.05, 0) is 30.7 Å². The van der Waals surface area contributed by atoms with Gasteiger partial charge in [0.25, 0.3) is 5.91 Å². The van der Waals surface area contributed by atoms with E-state index in [2.05, 4.69) is 10.3 Å². The standard InChI is InChI=1S/C20H20N2O4/c23-18-13-4-1-2-7-16(13)22-17-14(18)5-3-6-15(17)19(24)21-10-8-20(25)9-11-26-12-20/h1-7,25H,8-12H2,(H,21,24)(H,22,23). The van der Waals surface area contributed by atoms with Crippen molar-refractivity contribution < 1.29 is 14.6 Å². The minimum atomic E-state index is -0.865. The number of para-hydroxylation sites is 2. The Labute approximate surface area is 149 Å². The fraction of sp³-hybridized carbons (Fsp3) is 0.300. The lowest BCUT2D eigenvalue weighted by atomic mass is 9.99. The molecule has 1 atom stereocenters. The van der Waals surface area contributed by atoms with Crippen LogP contribution in [-0.2, 0) is 4.74 Å². The van der Waals surface area contributed by atoms with Crippen molar-refractivity contribution >= 4 is 27.7 Å². The van der Waals surface area contributed by atoms with Crippen molar-refractivity contribution in [2.24, 2.45) is 0 Å². The third-order valence-corrected chi connectivity index (χ3v) is 4.94. The highest BCUT2D eigenvalue weighted by molar-refractivity contribution is 6.07. The van der Waals surface area contributed by atoms with Gasteiger partial charge in [0.2, 0.25) is 0 Å². The van der Waals surface area contributed by atoms with Gasteiger partial charge in [0.1, 0.15) is 0 Å². The Balaban J connectivity index is 1.63. The highest BCUT2D eigenvalue weighted by Crippen LogP contribution is 2.22. The summed E-state index contributed by atoms with van der Waals surface area (Å²) in [5.41, 5.74) is 0.678. The SMILES string of the molecule is O=C(NCCC1(O)CCOC1)c1cccc2c(=O)c3ccccc3[nH]c12. The van der Waals surface area contributed by atoms with E-state index in [0.29, 0.717) is 60.0 Å². The molecule has 1 saturated heterocycles. The molecular formula is C20H20N2O4. The van der Waals surface area contributed by atoms with E-state index in [4.69, 9.17) is 4.74 Å². The second-order valence-electron chi connectivity index (χ2n) is 6.76. The van der Waals surface area contributed by atoms with Crippen LogP contribution in [0.1, 0.15) is 23.2 Å². The number of amides is 1. The molecule has 6 nitrogen and oxygen atoms in total. The number of hydrogen-bond acceptors (Lipinski definition) is 4. The van der Waals surface area contributed by atoms with E-state index in [1.807, 2.05) is 18.2 Å². The van der Waals surface area contributed by atoms with Crippen LogP contribution in [0.25, 0.3) is 21.8 Å². The molecule has 2 aromatic carbocycles. The van der Waals surface area contributed by atoms with Crippen molar-refractivity contribution in [3.05, 3.63) is 58.3 Å². The number of benzene rings is 2. The molecule has 3 N–H and O–H groups in total. The first kappa shape index (κ1) is 16.8. The topological polar surface area (TPSA) is 91.4 Å². The van der Waals surface area contributed by atoms with Crippen LogP contribution in [0.3, 0.4) is 0 Å². The number of carbonyl (C=O) groups is 1. The first-order valence-electron chi connectivity index (χ1n) is 8.69.